The number of hydrogen-bond donors (Lipinski definition) is 12. The lowest BCUT2D eigenvalue weighted by Gasteiger charge is -2.28. The fourth-order valence-electron chi connectivity index (χ4n) is 8.88. The van der Waals surface area contributed by atoms with E-state index in [1.54, 1.807) is 6.92 Å². The Morgan fingerprint density at radius 2 is 1.34 bits per heavy atom. The molecule has 3 saturated heterocycles. The van der Waals surface area contributed by atoms with Gasteiger partial charge in [0.25, 0.3) is 17.1 Å². The van der Waals surface area contributed by atoms with Gasteiger partial charge in [0.15, 0.2) is 41.4 Å². The molecule has 3 aliphatic rings. The normalized spacial score (nSPS) is 30.2. The molecule has 0 radical (unpaired) electrons. The molecule has 0 saturated carbocycles. The van der Waals surface area contributed by atoms with Gasteiger partial charge in [0.2, 0.25) is 17.7 Å². The molecule has 9 heterocycles. The highest BCUT2D eigenvalue weighted by Crippen LogP contribution is 2.68. The topological polar surface area (TPSA) is 525 Å². The summed E-state index contributed by atoms with van der Waals surface area (Å²) < 4.78 is 98.0. The SMILES string of the molecule is CC[C@H]1[C@@H](O)[C@H]([n+]2cn(C)c3c(=O)[nH]c(N)nc32)O[C@@H]1COP(=O)(O)OP(=O)(O)OP(=O)(O)OC[C@H]1O[C@@H](n2cnc3c(N)ncnc32)[C@H](OC)[C@@H]1OP(O)(=S)OC[C@H]1O[C@@H](n2cnc3c(=O)[nH]c(N)nc32)[C@H](O)[C@@H]1O. The summed E-state index contributed by atoms with van der Waals surface area (Å²) in [6.07, 6.45) is -11.2. The second kappa shape index (κ2) is 21.2. The maximum atomic E-state index is 13.3. The molecule has 0 spiro atoms. The number of methoxy groups -OCH3 is 1. The van der Waals surface area contributed by atoms with E-state index in [1.165, 1.54) is 40.5 Å². The van der Waals surface area contributed by atoms with Crippen LogP contribution in [0.15, 0.2) is 34.9 Å². The molecule has 15 N–H and O–H groups in total. The number of anilines is 3. The number of aryl methyl sites for hydroxylation is 1. The van der Waals surface area contributed by atoms with Crippen molar-refractivity contribution in [2.75, 3.05) is 44.1 Å². The van der Waals surface area contributed by atoms with E-state index in [2.05, 4.69) is 48.5 Å². The van der Waals surface area contributed by atoms with Crippen LogP contribution in [0.4, 0.5) is 17.7 Å². The molecule has 76 heavy (non-hydrogen) atoms. The number of aliphatic hydroxyl groups is 3. The zero-order valence-electron chi connectivity index (χ0n) is 39.2. The monoisotopic (exact) mass is 1170 g/mol. The Hall–Kier alpha value is -4.69. The number of H-pyrrole nitrogens is 2. The third-order valence-electron chi connectivity index (χ3n) is 12.2. The second-order valence-electron chi connectivity index (χ2n) is 17.0. The van der Waals surface area contributed by atoms with Crippen LogP contribution in [-0.2, 0) is 78.2 Å². The number of rotatable bonds is 20. The Morgan fingerprint density at radius 1 is 0.737 bits per heavy atom. The Labute approximate surface area is 428 Å². The van der Waals surface area contributed by atoms with Gasteiger partial charge in [-0.15, -0.1) is 0 Å². The summed E-state index contributed by atoms with van der Waals surface area (Å²) in [5.41, 5.74) is 16.1. The van der Waals surface area contributed by atoms with Crippen LogP contribution < -0.4 is 32.9 Å². The minimum absolute atomic E-state index is 0.0251. The maximum Gasteiger partial charge on any atom is 0.490 e. The Kier molecular flexibility index (Phi) is 15.6. The van der Waals surface area contributed by atoms with Gasteiger partial charge in [-0.1, -0.05) is 11.9 Å². The summed E-state index contributed by atoms with van der Waals surface area (Å²) in [4.78, 5) is 97.0. The van der Waals surface area contributed by atoms with E-state index >= 15 is 0 Å². The van der Waals surface area contributed by atoms with Gasteiger partial charge in [-0.05, 0) is 18.2 Å². The van der Waals surface area contributed by atoms with Crippen LogP contribution in [0, 0.1) is 5.92 Å². The molecule has 416 valence electrons. The van der Waals surface area contributed by atoms with Gasteiger partial charge in [0.1, 0.15) is 54.6 Å². The number of hydrogen-bond acceptors (Lipinski definition) is 28. The van der Waals surface area contributed by atoms with Crippen molar-refractivity contribution in [1.29, 1.82) is 0 Å². The smallest absolute Gasteiger partial charge is 0.387 e. The summed E-state index contributed by atoms with van der Waals surface area (Å²) in [5.74, 6) is -1.38. The van der Waals surface area contributed by atoms with Gasteiger partial charge in [0, 0.05) is 13.0 Å². The van der Waals surface area contributed by atoms with Crippen LogP contribution in [0.3, 0.4) is 0 Å². The van der Waals surface area contributed by atoms with Crippen molar-refractivity contribution in [3.63, 3.8) is 0 Å². The van der Waals surface area contributed by atoms with E-state index in [0.29, 0.717) is 0 Å². The largest absolute Gasteiger partial charge is 0.490 e. The van der Waals surface area contributed by atoms with Gasteiger partial charge >= 0.3 is 35.8 Å². The summed E-state index contributed by atoms with van der Waals surface area (Å²) in [6.45, 7) is -5.73. The lowest BCUT2D eigenvalue weighted by molar-refractivity contribution is -0.745. The molecule has 9 rings (SSSR count). The maximum absolute atomic E-state index is 13.3. The fraction of sp³-hybridized carbons (Fsp3) is 0.559. The van der Waals surface area contributed by atoms with E-state index in [4.69, 9.17) is 66.1 Å². The van der Waals surface area contributed by atoms with Crippen molar-refractivity contribution in [3.8, 4) is 0 Å². The molecule has 0 aliphatic carbocycles. The van der Waals surface area contributed by atoms with Crippen LogP contribution >= 0.6 is 30.2 Å². The number of nitrogens with zero attached hydrogens (tertiary/aromatic N) is 10. The van der Waals surface area contributed by atoms with Crippen LogP contribution in [0.2, 0.25) is 0 Å². The molecule has 0 amide bonds. The van der Waals surface area contributed by atoms with Crippen molar-refractivity contribution in [2.45, 2.75) is 80.9 Å². The summed E-state index contributed by atoms with van der Waals surface area (Å²) in [6, 6.07) is 0. The van der Waals surface area contributed by atoms with E-state index < -0.39 is 135 Å². The third kappa shape index (κ3) is 11.2. The predicted molar refractivity (Wildman–Crippen MR) is 253 cm³/mol. The minimum Gasteiger partial charge on any atom is -0.387 e. The molecule has 42 heteroatoms. The number of aliphatic hydroxyl groups excluding tert-OH is 3. The van der Waals surface area contributed by atoms with Gasteiger partial charge in [-0.25, -0.2) is 38.2 Å². The molecule has 0 bridgehead atoms. The highest BCUT2D eigenvalue weighted by molar-refractivity contribution is 8.07. The number of aromatic nitrogens is 12. The number of nitrogens with two attached hydrogens (primary N) is 3. The molecule has 3 fully saturated rings. The van der Waals surface area contributed by atoms with Gasteiger partial charge in [0.05, 0.1) is 45.6 Å². The van der Waals surface area contributed by atoms with Gasteiger partial charge < -0.3 is 75.6 Å². The third-order valence-corrected chi connectivity index (χ3v) is 18.0. The number of fused-ring (bicyclic) bond motifs is 3. The zero-order valence-corrected chi connectivity index (χ0v) is 43.6. The molecular weight excluding hydrogens is 1130 g/mol. The van der Waals surface area contributed by atoms with Crippen molar-refractivity contribution in [1.82, 2.24) is 53.6 Å². The van der Waals surface area contributed by atoms with Crippen LogP contribution in [0.5, 0.6) is 0 Å². The average Bonchev–Trinajstić information content (AvgIpc) is 4.20. The second-order valence-corrected chi connectivity index (χ2v) is 24.5. The first kappa shape index (κ1) is 56.0. The van der Waals surface area contributed by atoms with Crippen LogP contribution in [0.1, 0.15) is 32.0 Å². The zero-order chi connectivity index (χ0) is 55.0. The van der Waals surface area contributed by atoms with Crippen molar-refractivity contribution >= 4 is 93.2 Å². The number of phosphoric ester groups is 2. The van der Waals surface area contributed by atoms with E-state index in [1.807, 2.05) is 0 Å². The number of nitrogens with one attached hydrogen (secondary N) is 2. The highest BCUT2D eigenvalue weighted by Gasteiger charge is 2.53. The molecule has 6 aromatic heterocycles. The highest BCUT2D eigenvalue weighted by atomic mass is 32.5. The molecule has 3 aliphatic heterocycles. The lowest BCUT2D eigenvalue weighted by atomic mass is 9.95. The molecule has 4 unspecified atom stereocenters. The first-order valence-electron chi connectivity index (χ1n) is 22.0. The number of aromatic amines is 2. The molecule has 6 aromatic rings. The van der Waals surface area contributed by atoms with E-state index in [9.17, 15) is 58.2 Å². The predicted octanol–water partition coefficient (Wildman–Crippen LogP) is -2.93. The summed E-state index contributed by atoms with van der Waals surface area (Å²) >= 11 is 5.30. The first-order chi connectivity index (χ1) is 35.7. The van der Waals surface area contributed by atoms with E-state index in [-0.39, 0.29) is 57.6 Å². The Bertz CT molecular complexity index is 3490. The number of ether oxygens (including phenoxy) is 4. The van der Waals surface area contributed by atoms with Crippen molar-refractivity contribution in [3.05, 3.63) is 46.0 Å². The lowest BCUT2D eigenvalue weighted by Crippen LogP contribution is -2.45. The fourth-order valence-corrected chi connectivity index (χ4v) is 13.8. The van der Waals surface area contributed by atoms with Gasteiger partial charge in [-0.2, -0.15) is 13.6 Å². The number of nitrogen functional groups attached to an aromatic ring is 3. The Morgan fingerprint density at radius 3 is 2.01 bits per heavy atom. The quantitative estimate of drug-likeness (QED) is 0.0269. The summed E-state index contributed by atoms with van der Waals surface area (Å²) in [7, 11) is -15.0. The van der Waals surface area contributed by atoms with E-state index in [0.717, 1.165) is 17.2 Å². The standard InChI is InChI=1S/C34H47N15O22P4S/c1-4-12-13(66-30(19(12)50)49-11-46(2)18-27(49)43-34(37)45-29(18)54)5-63-72(55,56)70-74(59,60)71-73(57,58)64-7-15-22(23(62-3)32(68-15)47-9-40-16-24(35)38-8-39-25(16)47)69-75(61,76)65-6-14-20(51)21(52)31(67-14)48-10-41-17-26(48)42-33(36)44-28(17)53/h8-15,19-23,30-32,50-52H,4-7H2,1-3H3,(H11-,35,36,37,38,39,42,43,44,45,53,54,55,56,57,58,59,60,61,76)/p+1/t12-,13-,14-,15-,19-,20-,21-,22-,23-,30-,31-,32-,75?/m1/s1. The minimum atomic E-state index is -6.12. The van der Waals surface area contributed by atoms with Crippen molar-refractivity contribution in [2.24, 2.45) is 13.0 Å². The van der Waals surface area contributed by atoms with Gasteiger partial charge in [-0.3, -0.25) is 46.8 Å². The molecule has 0 aromatic carbocycles. The van der Waals surface area contributed by atoms with Crippen molar-refractivity contribution < 1.29 is 98.8 Å². The Balaban J connectivity index is 0.866. The number of imidazole rings is 3. The summed E-state index contributed by atoms with van der Waals surface area (Å²) in [5, 5.41) is 33.1. The van der Waals surface area contributed by atoms with Crippen LogP contribution in [-0.4, -0.2) is 164 Å². The number of phosphoric acid groups is 3. The first-order valence-corrected chi connectivity index (χ1v) is 29.1. The molecule has 16 atom stereocenters. The average molecular weight is 1170 g/mol. The van der Waals surface area contributed by atoms with Crippen LogP contribution in [0.25, 0.3) is 33.5 Å². The molecule has 37 nitrogen and oxygen atoms in total. The molecular formula is C34H48N15O22P4S+.